The number of rotatable bonds is 4. The summed E-state index contributed by atoms with van der Waals surface area (Å²) >= 11 is 5.84. The molecule has 3 N–H and O–H groups in total. The van der Waals surface area contributed by atoms with Crippen LogP contribution in [0.2, 0.25) is 5.02 Å². The minimum absolute atomic E-state index is 0.211. The number of ether oxygens (including phenoxy) is 1. The normalized spacial score (nSPS) is 9.80. The summed E-state index contributed by atoms with van der Waals surface area (Å²) in [4.78, 5) is 11.0. The molecule has 15 heavy (non-hydrogen) atoms. The molecule has 0 fully saturated rings. The van der Waals surface area contributed by atoms with Gasteiger partial charge in [-0.3, -0.25) is 10.2 Å². The number of hydrazine groups is 1. The van der Waals surface area contributed by atoms with Crippen molar-refractivity contribution < 1.29 is 9.53 Å². The predicted octanol–water partition coefficient (Wildman–Crippen LogP) is 1.27. The molecular formula is C10H13ClN2O2. The molecule has 1 aromatic rings. The van der Waals surface area contributed by atoms with Crippen LogP contribution < -0.4 is 16.0 Å². The second kappa shape index (κ2) is 5.58. The van der Waals surface area contributed by atoms with Crippen LogP contribution in [-0.2, 0) is 11.2 Å². The van der Waals surface area contributed by atoms with Gasteiger partial charge in [0.15, 0.2) is 0 Å². The quantitative estimate of drug-likeness (QED) is 0.464. The first-order chi connectivity index (χ1) is 7.17. The van der Waals surface area contributed by atoms with Gasteiger partial charge >= 0.3 is 0 Å². The van der Waals surface area contributed by atoms with Crippen molar-refractivity contribution in [3.05, 3.63) is 28.8 Å². The highest BCUT2D eigenvalue weighted by atomic mass is 35.5. The van der Waals surface area contributed by atoms with Gasteiger partial charge in [0.25, 0.3) is 0 Å². The monoisotopic (exact) mass is 228 g/mol. The van der Waals surface area contributed by atoms with Crippen molar-refractivity contribution in [3.63, 3.8) is 0 Å². The topological polar surface area (TPSA) is 64.3 Å². The average Bonchev–Trinajstić information content (AvgIpc) is 2.26. The number of amides is 1. The second-order valence-electron chi connectivity index (χ2n) is 3.02. The van der Waals surface area contributed by atoms with Crippen LogP contribution >= 0.6 is 11.6 Å². The molecule has 82 valence electrons. The molecule has 4 nitrogen and oxygen atoms in total. The fraction of sp³-hybridized carbons (Fsp3) is 0.300. The number of carbonyl (C=O) groups is 1. The molecule has 5 heteroatoms. The lowest BCUT2D eigenvalue weighted by Crippen LogP contribution is -2.30. The predicted molar refractivity (Wildman–Crippen MR) is 58.7 cm³/mol. The Balaban J connectivity index is 2.74. The molecule has 0 saturated heterocycles. The van der Waals surface area contributed by atoms with Gasteiger partial charge in [0.2, 0.25) is 5.91 Å². The van der Waals surface area contributed by atoms with Crippen LogP contribution in [0.3, 0.4) is 0 Å². The second-order valence-corrected chi connectivity index (χ2v) is 3.46. The van der Waals surface area contributed by atoms with Crippen LogP contribution in [0.25, 0.3) is 0 Å². The van der Waals surface area contributed by atoms with Gasteiger partial charge < -0.3 is 4.74 Å². The Bertz CT molecular complexity index is 355. The minimum Gasteiger partial charge on any atom is -0.496 e. The zero-order chi connectivity index (χ0) is 11.3. The number of methoxy groups -OCH3 is 1. The number of halogens is 1. The van der Waals surface area contributed by atoms with Crippen molar-refractivity contribution in [2.75, 3.05) is 7.11 Å². The molecule has 0 heterocycles. The lowest BCUT2D eigenvalue weighted by Gasteiger charge is -2.08. The molecule has 0 aromatic heterocycles. The van der Waals surface area contributed by atoms with Gasteiger partial charge in [-0.05, 0) is 30.2 Å². The summed E-state index contributed by atoms with van der Waals surface area (Å²) in [5.41, 5.74) is 2.97. The van der Waals surface area contributed by atoms with Crippen molar-refractivity contribution in [1.82, 2.24) is 5.43 Å². The van der Waals surface area contributed by atoms with Gasteiger partial charge in [0.1, 0.15) is 5.75 Å². The molecule has 1 amide bonds. The van der Waals surface area contributed by atoms with Gasteiger partial charge in [0, 0.05) is 11.4 Å². The van der Waals surface area contributed by atoms with Crippen LogP contribution in [0, 0.1) is 0 Å². The maximum atomic E-state index is 11.0. The Morgan fingerprint density at radius 2 is 2.33 bits per heavy atom. The van der Waals surface area contributed by atoms with Crippen molar-refractivity contribution >= 4 is 17.5 Å². The zero-order valence-corrected chi connectivity index (χ0v) is 9.17. The first kappa shape index (κ1) is 11.8. The fourth-order valence-electron chi connectivity index (χ4n) is 1.26. The van der Waals surface area contributed by atoms with E-state index in [-0.39, 0.29) is 5.91 Å². The Morgan fingerprint density at radius 3 is 2.93 bits per heavy atom. The number of nitrogens with two attached hydrogens (primary N) is 1. The van der Waals surface area contributed by atoms with Crippen molar-refractivity contribution in [2.24, 2.45) is 5.84 Å². The highest BCUT2D eigenvalue weighted by molar-refractivity contribution is 6.30. The van der Waals surface area contributed by atoms with E-state index in [9.17, 15) is 4.79 Å². The first-order valence-corrected chi connectivity index (χ1v) is 4.87. The Morgan fingerprint density at radius 1 is 1.60 bits per heavy atom. The number of carbonyl (C=O) groups excluding carboxylic acids is 1. The molecule has 0 radical (unpaired) electrons. The molecule has 1 rings (SSSR count). The molecule has 0 unspecified atom stereocenters. The van der Waals surface area contributed by atoms with E-state index in [2.05, 4.69) is 5.43 Å². The van der Waals surface area contributed by atoms with Gasteiger partial charge in [-0.25, -0.2) is 5.84 Å². The molecule has 0 aliphatic carbocycles. The number of benzene rings is 1. The van der Waals surface area contributed by atoms with E-state index in [0.717, 1.165) is 11.3 Å². The summed E-state index contributed by atoms with van der Waals surface area (Å²) < 4.78 is 5.14. The van der Waals surface area contributed by atoms with Gasteiger partial charge in [-0.15, -0.1) is 0 Å². The van der Waals surface area contributed by atoms with Gasteiger partial charge in [-0.2, -0.15) is 0 Å². The van der Waals surface area contributed by atoms with E-state index in [1.54, 1.807) is 25.3 Å². The van der Waals surface area contributed by atoms with Gasteiger partial charge in [-0.1, -0.05) is 11.6 Å². The maximum absolute atomic E-state index is 11.0. The Kier molecular flexibility index (Phi) is 4.39. The maximum Gasteiger partial charge on any atom is 0.234 e. The lowest BCUT2D eigenvalue weighted by atomic mass is 10.1. The van der Waals surface area contributed by atoms with Crippen molar-refractivity contribution in [1.29, 1.82) is 0 Å². The summed E-state index contributed by atoms with van der Waals surface area (Å²) in [7, 11) is 1.58. The number of nitrogens with one attached hydrogen (secondary N) is 1. The SMILES string of the molecule is COc1ccc(Cl)cc1CCC(=O)NN. The molecule has 0 aliphatic rings. The largest absolute Gasteiger partial charge is 0.496 e. The fourth-order valence-corrected chi connectivity index (χ4v) is 1.46. The molecule has 0 atom stereocenters. The third-order valence-electron chi connectivity index (χ3n) is 2.02. The molecule has 0 spiro atoms. The summed E-state index contributed by atoms with van der Waals surface area (Å²) in [6.07, 6.45) is 0.861. The van der Waals surface area contributed by atoms with Gasteiger partial charge in [0.05, 0.1) is 7.11 Å². The molecule has 0 saturated carbocycles. The number of aryl methyl sites for hydroxylation is 1. The third-order valence-corrected chi connectivity index (χ3v) is 2.26. The highest BCUT2D eigenvalue weighted by Crippen LogP contribution is 2.23. The minimum atomic E-state index is -0.211. The van der Waals surface area contributed by atoms with Crippen LogP contribution in [-0.4, -0.2) is 13.0 Å². The van der Waals surface area contributed by atoms with Crippen molar-refractivity contribution in [3.8, 4) is 5.75 Å². The molecule has 0 bridgehead atoms. The summed E-state index contributed by atoms with van der Waals surface area (Å²) in [5.74, 6) is 5.49. The number of hydrogen-bond acceptors (Lipinski definition) is 3. The van der Waals surface area contributed by atoms with E-state index < -0.39 is 0 Å². The first-order valence-electron chi connectivity index (χ1n) is 4.49. The van der Waals surface area contributed by atoms with E-state index in [1.807, 2.05) is 0 Å². The van der Waals surface area contributed by atoms with Crippen molar-refractivity contribution in [2.45, 2.75) is 12.8 Å². The van der Waals surface area contributed by atoms with E-state index in [1.165, 1.54) is 0 Å². The Hall–Kier alpha value is -1.26. The van der Waals surface area contributed by atoms with E-state index in [4.69, 9.17) is 22.2 Å². The van der Waals surface area contributed by atoms with Crippen LogP contribution in [0.5, 0.6) is 5.75 Å². The lowest BCUT2D eigenvalue weighted by molar-refractivity contribution is -0.121. The van der Waals surface area contributed by atoms with E-state index in [0.29, 0.717) is 17.9 Å². The Labute approximate surface area is 93.3 Å². The van der Waals surface area contributed by atoms with Crippen LogP contribution in [0.15, 0.2) is 18.2 Å². The van der Waals surface area contributed by atoms with Crippen LogP contribution in [0.1, 0.15) is 12.0 Å². The number of hydrogen-bond donors (Lipinski definition) is 2. The average molecular weight is 229 g/mol. The van der Waals surface area contributed by atoms with Crippen LogP contribution in [0.4, 0.5) is 0 Å². The smallest absolute Gasteiger partial charge is 0.234 e. The summed E-state index contributed by atoms with van der Waals surface area (Å²) in [6, 6.07) is 5.30. The molecule has 1 aromatic carbocycles. The standard InChI is InChI=1S/C10H13ClN2O2/c1-15-9-4-3-8(11)6-7(9)2-5-10(14)13-12/h3-4,6H,2,5,12H2,1H3,(H,13,14). The zero-order valence-electron chi connectivity index (χ0n) is 8.42. The summed E-state index contributed by atoms with van der Waals surface area (Å²) in [5, 5.41) is 0.624. The summed E-state index contributed by atoms with van der Waals surface area (Å²) in [6.45, 7) is 0. The highest BCUT2D eigenvalue weighted by Gasteiger charge is 2.06. The van der Waals surface area contributed by atoms with E-state index >= 15 is 0 Å². The molecule has 0 aliphatic heterocycles. The molecular weight excluding hydrogens is 216 g/mol. The third kappa shape index (κ3) is 3.42.